The first-order valence-corrected chi connectivity index (χ1v) is 5.57. The van der Waals surface area contributed by atoms with Crippen LogP contribution in [0, 0.1) is 0 Å². The third-order valence-corrected chi connectivity index (χ3v) is 2.88. The molecule has 0 saturated heterocycles. The van der Waals surface area contributed by atoms with Gasteiger partial charge in [0.15, 0.2) is 5.13 Å². The number of rotatable bonds is 4. The summed E-state index contributed by atoms with van der Waals surface area (Å²) in [7, 11) is 1.75. The van der Waals surface area contributed by atoms with E-state index in [1.165, 1.54) is 24.2 Å². The van der Waals surface area contributed by atoms with Crippen LogP contribution in [0.1, 0.15) is 24.5 Å². The molecular formula is C9H13N3OS. The van der Waals surface area contributed by atoms with Crippen molar-refractivity contribution < 1.29 is 4.79 Å². The molecule has 5 heteroatoms. The molecule has 1 aromatic rings. The summed E-state index contributed by atoms with van der Waals surface area (Å²) in [5, 5.41) is 8.30. The second-order valence-corrected chi connectivity index (χ2v) is 4.29. The predicted octanol–water partition coefficient (Wildman–Crippen LogP) is 1.18. The van der Waals surface area contributed by atoms with Gasteiger partial charge in [-0.15, -0.1) is 11.3 Å². The molecule has 14 heavy (non-hydrogen) atoms. The molecule has 1 aromatic heterocycles. The number of anilines is 1. The van der Waals surface area contributed by atoms with Gasteiger partial charge in [-0.2, -0.15) is 0 Å². The number of aromatic nitrogens is 1. The van der Waals surface area contributed by atoms with Gasteiger partial charge in [0, 0.05) is 11.3 Å². The van der Waals surface area contributed by atoms with Gasteiger partial charge in [-0.05, 0) is 19.9 Å². The number of nitrogens with zero attached hydrogens (tertiary/aromatic N) is 1. The van der Waals surface area contributed by atoms with Gasteiger partial charge in [0.05, 0.1) is 12.2 Å². The van der Waals surface area contributed by atoms with Gasteiger partial charge >= 0.3 is 0 Å². The van der Waals surface area contributed by atoms with E-state index in [0.717, 1.165) is 5.69 Å². The first-order chi connectivity index (χ1) is 6.79. The fraction of sp³-hybridized carbons (Fsp3) is 0.556. The van der Waals surface area contributed by atoms with Gasteiger partial charge in [0.25, 0.3) is 0 Å². The van der Waals surface area contributed by atoms with Crippen LogP contribution in [0.2, 0.25) is 0 Å². The molecule has 0 aliphatic heterocycles. The molecule has 4 nitrogen and oxygen atoms in total. The number of thiazole rings is 1. The summed E-state index contributed by atoms with van der Waals surface area (Å²) >= 11 is 1.50. The summed E-state index contributed by atoms with van der Waals surface area (Å²) < 4.78 is 0. The maximum absolute atomic E-state index is 11.2. The molecule has 2 N–H and O–H groups in total. The molecule has 0 spiro atoms. The summed E-state index contributed by atoms with van der Waals surface area (Å²) in [6.45, 7) is 0.332. The van der Waals surface area contributed by atoms with Crippen LogP contribution in [-0.4, -0.2) is 24.5 Å². The highest BCUT2D eigenvalue weighted by Crippen LogP contribution is 2.40. The zero-order valence-electron chi connectivity index (χ0n) is 8.04. The van der Waals surface area contributed by atoms with Crippen molar-refractivity contribution in [2.75, 3.05) is 18.9 Å². The Balaban J connectivity index is 1.92. The van der Waals surface area contributed by atoms with Gasteiger partial charge in [0.1, 0.15) is 0 Å². The number of hydrogen-bond acceptors (Lipinski definition) is 4. The standard InChI is InChI=1S/C9H13N3OS/c1-10-4-8(13)12-9-11-7(5-14-9)6-2-3-6/h5-6,10H,2-4H2,1H3,(H,11,12,13). The summed E-state index contributed by atoms with van der Waals surface area (Å²) in [4.78, 5) is 15.6. The van der Waals surface area contributed by atoms with E-state index in [0.29, 0.717) is 17.6 Å². The lowest BCUT2D eigenvalue weighted by molar-refractivity contribution is -0.115. The third kappa shape index (κ3) is 2.30. The number of carbonyl (C=O) groups excluding carboxylic acids is 1. The summed E-state index contributed by atoms with van der Waals surface area (Å²) in [5.74, 6) is 0.616. The maximum Gasteiger partial charge on any atom is 0.240 e. The molecular weight excluding hydrogens is 198 g/mol. The van der Waals surface area contributed by atoms with Crippen LogP contribution in [0.3, 0.4) is 0 Å². The minimum Gasteiger partial charge on any atom is -0.311 e. The smallest absolute Gasteiger partial charge is 0.240 e. The van der Waals surface area contributed by atoms with Crippen LogP contribution in [-0.2, 0) is 4.79 Å². The average Bonchev–Trinajstić information content (AvgIpc) is 2.89. The fourth-order valence-electron chi connectivity index (χ4n) is 1.23. The van der Waals surface area contributed by atoms with Gasteiger partial charge in [-0.3, -0.25) is 4.79 Å². The largest absolute Gasteiger partial charge is 0.311 e. The Hall–Kier alpha value is -0.940. The minimum absolute atomic E-state index is 0.0378. The van der Waals surface area contributed by atoms with E-state index in [9.17, 15) is 4.79 Å². The van der Waals surface area contributed by atoms with Crippen molar-refractivity contribution in [3.63, 3.8) is 0 Å². The Kier molecular flexibility index (Phi) is 2.79. The van der Waals surface area contributed by atoms with Crippen LogP contribution in [0.4, 0.5) is 5.13 Å². The maximum atomic E-state index is 11.2. The molecule has 0 radical (unpaired) electrons. The Morgan fingerprint density at radius 2 is 2.50 bits per heavy atom. The first-order valence-electron chi connectivity index (χ1n) is 4.69. The number of likely N-dealkylation sites (N-methyl/N-ethyl adjacent to an activating group) is 1. The van der Waals surface area contributed by atoms with E-state index in [1.807, 2.05) is 5.38 Å². The summed E-state index contributed by atoms with van der Waals surface area (Å²) in [5.41, 5.74) is 1.13. The lowest BCUT2D eigenvalue weighted by Crippen LogP contribution is -2.24. The molecule has 1 amide bonds. The fourth-order valence-corrected chi connectivity index (χ4v) is 2.04. The van der Waals surface area contributed by atoms with Crippen LogP contribution in [0.15, 0.2) is 5.38 Å². The monoisotopic (exact) mass is 211 g/mol. The highest BCUT2D eigenvalue weighted by Gasteiger charge is 2.26. The van der Waals surface area contributed by atoms with Gasteiger partial charge in [-0.25, -0.2) is 4.98 Å². The Labute approximate surface area is 86.7 Å². The number of carbonyl (C=O) groups is 1. The summed E-state index contributed by atoms with van der Waals surface area (Å²) in [6, 6.07) is 0. The first kappa shape index (κ1) is 9.61. The third-order valence-electron chi connectivity index (χ3n) is 2.10. The Morgan fingerprint density at radius 1 is 1.71 bits per heavy atom. The highest BCUT2D eigenvalue weighted by molar-refractivity contribution is 7.13. The lowest BCUT2D eigenvalue weighted by atomic mass is 10.3. The molecule has 0 atom stereocenters. The topological polar surface area (TPSA) is 54.0 Å². The molecule has 1 aliphatic rings. The van der Waals surface area contributed by atoms with Crippen molar-refractivity contribution in [2.24, 2.45) is 0 Å². The highest BCUT2D eigenvalue weighted by atomic mass is 32.1. The molecule has 76 valence electrons. The van der Waals surface area contributed by atoms with Gasteiger partial charge in [-0.1, -0.05) is 0 Å². The summed E-state index contributed by atoms with van der Waals surface area (Å²) in [6.07, 6.45) is 2.49. The number of hydrogen-bond donors (Lipinski definition) is 2. The van der Waals surface area contributed by atoms with Crippen molar-refractivity contribution in [3.8, 4) is 0 Å². The van der Waals surface area contributed by atoms with Crippen LogP contribution >= 0.6 is 11.3 Å². The Bertz CT molecular complexity index is 333. The Morgan fingerprint density at radius 3 is 3.14 bits per heavy atom. The quantitative estimate of drug-likeness (QED) is 0.786. The van der Waals surface area contributed by atoms with Crippen LogP contribution in [0.25, 0.3) is 0 Å². The van der Waals surface area contributed by atoms with Crippen LogP contribution < -0.4 is 10.6 Å². The van der Waals surface area contributed by atoms with Gasteiger partial charge < -0.3 is 10.6 Å². The lowest BCUT2D eigenvalue weighted by Gasteiger charge is -1.98. The molecule has 0 aromatic carbocycles. The van der Waals surface area contributed by atoms with Crippen LogP contribution in [0.5, 0.6) is 0 Å². The van der Waals surface area contributed by atoms with Crippen molar-refractivity contribution in [3.05, 3.63) is 11.1 Å². The SMILES string of the molecule is CNCC(=O)Nc1nc(C2CC2)cs1. The van der Waals surface area contributed by atoms with E-state index in [4.69, 9.17) is 0 Å². The number of amides is 1. The second kappa shape index (κ2) is 4.06. The molecule has 0 unspecified atom stereocenters. The van der Waals surface area contributed by atoms with E-state index in [2.05, 4.69) is 15.6 Å². The van der Waals surface area contributed by atoms with E-state index < -0.39 is 0 Å². The predicted molar refractivity (Wildman–Crippen MR) is 56.6 cm³/mol. The number of nitrogens with one attached hydrogen (secondary N) is 2. The average molecular weight is 211 g/mol. The molecule has 1 heterocycles. The van der Waals surface area contributed by atoms with E-state index in [-0.39, 0.29) is 5.91 Å². The van der Waals surface area contributed by atoms with Gasteiger partial charge in [0.2, 0.25) is 5.91 Å². The van der Waals surface area contributed by atoms with E-state index in [1.54, 1.807) is 7.05 Å². The van der Waals surface area contributed by atoms with Crippen molar-refractivity contribution >= 4 is 22.4 Å². The van der Waals surface area contributed by atoms with Crippen molar-refractivity contribution in [2.45, 2.75) is 18.8 Å². The minimum atomic E-state index is -0.0378. The van der Waals surface area contributed by atoms with Crippen molar-refractivity contribution in [1.29, 1.82) is 0 Å². The zero-order chi connectivity index (χ0) is 9.97. The molecule has 1 fully saturated rings. The second-order valence-electron chi connectivity index (χ2n) is 3.43. The normalized spacial score (nSPS) is 15.5. The molecule has 1 saturated carbocycles. The molecule has 1 aliphatic carbocycles. The van der Waals surface area contributed by atoms with E-state index >= 15 is 0 Å². The molecule has 0 bridgehead atoms. The van der Waals surface area contributed by atoms with Crippen molar-refractivity contribution in [1.82, 2.24) is 10.3 Å². The zero-order valence-corrected chi connectivity index (χ0v) is 8.86. The molecule has 2 rings (SSSR count).